The summed E-state index contributed by atoms with van der Waals surface area (Å²) in [6.07, 6.45) is 2.08. The Hall–Kier alpha value is -0.570. The second-order valence-corrected chi connectivity index (χ2v) is 3.82. The monoisotopic (exact) mass is 157 g/mol. The highest BCUT2D eigenvalue weighted by atomic mass is 16.4. The maximum Gasteiger partial charge on any atom is 0.321 e. The Bertz CT molecular complexity index is 165. The van der Waals surface area contributed by atoms with Gasteiger partial charge in [0.15, 0.2) is 0 Å². The van der Waals surface area contributed by atoms with Crippen molar-refractivity contribution in [1.29, 1.82) is 0 Å². The SMILES string of the molecule is CC1(C)CCCN[C@@H]1C(=O)O. The first kappa shape index (κ1) is 8.53. The lowest BCUT2D eigenvalue weighted by molar-refractivity contribution is -0.143. The largest absolute Gasteiger partial charge is 0.480 e. The van der Waals surface area contributed by atoms with Gasteiger partial charge in [0.25, 0.3) is 0 Å². The van der Waals surface area contributed by atoms with E-state index < -0.39 is 5.97 Å². The van der Waals surface area contributed by atoms with Crippen LogP contribution in [0.3, 0.4) is 0 Å². The molecule has 64 valence electrons. The Morgan fingerprint density at radius 2 is 2.27 bits per heavy atom. The minimum Gasteiger partial charge on any atom is -0.480 e. The molecule has 0 radical (unpaired) electrons. The molecule has 3 heteroatoms. The molecular weight excluding hydrogens is 142 g/mol. The van der Waals surface area contributed by atoms with Gasteiger partial charge in [-0.25, -0.2) is 0 Å². The van der Waals surface area contributed by atoms with Crippen LogP contribution in [0.5, 0.6) is 0 Å². The number of aliphatic carboxylic acids is 1. The maximum absolute atomic E-state index is 10.7. The van der Waals surface area contributed by atoms with Crippen molar-refractivity contribution in [3.8, 4) is 0 Å². The second-order valence-electron chi connectivity index (χ2n) is 3.82. The summed E-state index contributed by atoms with van der Waals surface area (Å²) in [7, 11) is 0. The van der Waals surface area contributed by atoms with Crippen LogP contribution in [0.25, 0.3) is 0 Å². The van der Waals surface area contributed by atoms with Crippen molar-refractivity contribution in [2.45, 2.75) is 32.7 Å². The number of carboxylic acid groups (broad SMARTS) is 1. The van der Waals surface area contributed by atoms with Gasteiger partial charge in [-0.1, -0.05) is 13.8 Å². The highest BCUT2D eigenvalue weighted by molar-refractivity contribution is 5.74. The van der Waals surface area contributed by atoms with E-state index in [1.807, 2.05) is 13.8 Å². The molecule has 0 aromatic carbocycles. The van der Waals surface area contributed by atoms with E-state index >= 15 is 0 Å². The zero-order valence-corrected chi connectivity index (χ0v) is 7.05. The average Bonchev–Trinajstić information content (AvgIpc) is 1.85. The molecule has 1 aliphatic heterocycles. The van der Waals surface area contributed by atoms with E-state index in [4.69, 9.17) is 5.11 Å². The van der Waals surface area contributed by atoms with E-state index in [9.17, 15) is 4.79 Å². The Morgan fingerprint density at radius 1 is 1.64 bits per heavy atom. The average molecular weight is 157 g/mol. The summed E-state index contributed by atoms with van der Waals surface area (Å²) in [6, 6.07) is -0.365. The first-order chi connectivity index (χ1) is 5.04. The molecule has 1 fully saturated rings. The third kappa shape index (κ3) is 1.71. The lowest BCUT2D eigenvalue weighted by Gasteiger charge is -2.36. The highest BCUT2D eigenvalue weighted by Crippen LogP contribution is 2.29. The van der Waals surface area contributed by atoms with Crippen molar-refractivity contribution in [3.05, 3.63) is 0 Å². The van der Waals surface area contributed by atoms with Gasteiger partial charge in [-0.3, -0.25) is 4.79 Å². The Kier molecular flexibility index (Phi) is 2.18. The fourth-order valence-electron chi connectivity index (χ4n) is 1.63. The molecule has 0 saturated carbocycles. The van der Waals surface area contributed by atoms with Crippen LogP contribution in [-0.4, -0.2) is 23.7 Å². The van der Waals surface area contributed by atoms with Crippen molar-refractivity contribution in [3.63, 3.8) is 0 Å². The van der Waals surface area contributed by atoms with E-state index in [-0.39, 0.29) is 11.5 Å². The Balaban J connectivity index is 2.67. The van der Waals surface area contributed by atoms with Gasteiger partial charge in [0, 0.05) is 0 Å². The molecule has 0 spiro atoms. The van der Waals surface area contributed by atoms with Crippen LogP contribution in [-0.2, 0) is 4.79 Å². The molecular formula is C8H15NO2. The van der Waals surface area contributed by atoms with E-state index in [0.717, 1.165) is 19.4 Å². The third-order valence-electron chi connectivity index (χ3n) is 2.37. The van der Waals surface area contributed by atoms with Gasteiger partial charge in [-0.15, -0.1) is 0 Å². The van der Waals surface area contributed by atoms with E-state index in [1.165, 1.54) is 0 Å². The normalized spacial score (nSPS) is 29.8. The quantitative estimate of drug-likeness (QED) is 0.593. The van der Waals surface area contributed by atoms with Crippen LogP contribution < -0.4 is 5.32 Å². The molecule has 11 heavy (non-hydrogen) atoms. The molecule has 0 aliphatic carbocycles. The predicted molar refractivity (Wildman–Crippen MR) is 42.4 cm³/mol. The number of carboxylic acids is 1. The van der Waals surface area contributed by atoms with E-state index in [1.54, 1.807) is 0 Å². The minimum atomic E-state index is -0.727. The van der Waals surface area contributed by atoms with Crippen LogP contribution in [0.15, 0.2) is 0 Å². The van der Waals surface area contributed by atoms with Crippen molar-refractivity contribution in [1.82, 2.24) is 5.32 Å². The van der Waals surface area contributed by atoms with Crippen LogP contribution in [0.1, 0.15) is 26.7 Å². The van der Waals surface area contributed by atoms with E-state index in [2.05, 4.69) is 5.32 Å². The topological polar surface area (TPSA) is 49.3 Å². The van der Waals surface area contributed by atoms with Crippen LogP contribution >= 0.6 is 0 Å². The van der Waals surface area contributed by atoms with Crippen molar-refractivity contribution >= 4 is 5.97 Å². The Labute approximate surface area is 66.8 Å². The first-order valence-electron chi connectivity index (χ1n) is 4.00. The number of piperidine rings is 1. The summed E-state index contributed by atoms with van der Waals surface area (Å²) in [6.45, 7) is 4.83. The number of hydrogen-bond donors (Lipinski definition) is 2. The number of carbonyl (C=O) groups is 1. The standard InChI is InChI=1S/C8H15NO2/c1-8(2)4-3-5-9-6(8)7(10)11/h6,9H,3-5H2,1-2H3,(H,10,11)/t6-/m1/s1. The molecule has 0 aromatic heterocycles. The lowest BCUT2D eigenvalue weighted by atomic mass is 9.78. The maximum atomic E-state index is 10.7. The fourth-order valence-corrected chi connectivity index (χ4v) is 1.63. The zero-order valence-electron chi connectivity index (χ0n) is 7.05. The highest BCUT2D eigenvalue weighted by Gasteiger charge is 2.36. The lowest BCUT2D eigenvalue weighted by Crippen LogP contribution is -2.51. The predicted octanol–water partition coefficient (Wildman–Crippen LogP) is 0.849. The van der Waals surface area contributed by atoms with Gasteiger partial charge in [-0.05, 0) is 24.8 Å². The molecule has 1 saturated heterocycles. The summed E-state index contributed by atoms with van der Waals surface area (Å²) in [5.74, 6) is -0.727. The fraction of sp³-hybridized carbons (Fsp3) is 0.875. The molecule has 1 aliphatic rings. The minimum absolute atomic E-state index is 0.0932. The van der Waals surface area contributed by atoms with Crippen molar-refractivity contribution < 1.29 is 9.90 Å². The number of nitrogens with one attached hydrogen (secondary N) is 1. The molecule has 1 rings (SSSR count). The molecule has 0 bridgehead atoms. The summed E-state index contributed by atoms with van der Waals surface area (Å²) in [4.78, 5) is 10.7. The van der Waals surface area contributed by atoms with Crippen molar-refractivity contribution in [2.24, 2.45) is 5.41 Å². The molecule has 0 aromatic rings. The zero-order chi connectivity index (χ0) is 8.48. The summed E-state index contributed by atoms with van der Waals surface area (Å²) < 4.78 is 0. The van der Waals surface area contributed by atoms with Crippen molar-refractivity contribution in [2.75, 3.05) is 6.54 Å². The molecule has 2 N–H and O–H groups in total. The molecule has 1 heterocycles. The molecule has 1 atom stereocenters. The number of hydrogen-bond acceptors (Lipinski definition) is 2. The van der Waals surface area contributed by atoms with E-state index in [0.29, 0.717) is 0 Å². The third-order valence-corrected chi connectivity index (χ3v) is 2.37. The van der Waals surface area contributed by atoms with Gasteiger partial charge in [0.2, 0.25) is 0 Å². The summed E-state index contributed by atoms with van der Waals surface area (Å²) >= 11 is 0. The smallest absolute Gasteiger partial charge is 0.321 e. The van der Waals surface area contributed by atoms with Crippen LogP contribution in [0.4, 0.5) is 0 Å². The van der Waals surface area contributed by atoms with Gasteiger partial charge in [-0.2, -0.15) is 0 Å². The first-order valence-corrected chi connectivity index (χ1v) is 4.00. The summed E-state index contributed by atoms with van der Waals surface area (Å²) in [5, 5.41) is 11.8. The van der Waals surface area contributed by atoms with Gasteiger partial charge < -0.3 is 10.4 Å². The molecule has 0 amide bonds. The summed E-state index contributed by atoms with van der Waals surface area (Å²) in [5.41, 5.74) is -0.0932. The second kappa shape index (κ2) is 2.81. The van der Waals surface area contributed by atoms with Crippen LogP contribution in [0, 0.1) is 5.41 Å². The van der Waals surface area contributed by atoms with Gasteiger partial charge in [0.1, 0.15) is 6.04 Å². The van der Waals surface area contributed by atoms with Gasteiger partial charge >= 0.3 is 5.97 Å². The molecule has 0 unspecified atom stereocenters. The van der Waals surface area contributed by atoms with Gasteiger partial charge in [0.05, 0.1) is 0 Å². The Morgan fingerprint density at radius 3 is 2.64 bits per heavy atom. The van der Waals surface area contributed by atoms with Crippen LogP contribution in [0.2, 0.25) is 0 Å². The number of rotatable bonds is 1. The molecule has 3 nitrogen and oxygen atoms in total.